The number of hydrogen-bond donors (Lipinski definition) is 4. The molecule has 0 radical (unpaired) electrons. The molecule has 0 fully saturated rings. The Morgan fingerprint density at radius 3 is 2.29 bits per heavy atom. The van der Waals surface area contributed by atoms with Crippen LogP contribution in [0.1, 0.15) is 36.8 Å². The number of halogens is 3. The Bertz CT molecular complexity index is 823. The van der Waals surface area contributed by atoms with Crippen LogP contribution in [0.25, 0.3) is 0 Å². The van der Waals surface area contributed by atoms with E-state index in [2.05, 4.69) is 41.6 Å². The number of carbonyl (C=O) groups is 2. The van der Waals surface area contributed by atoms with Crippen molar-refractivity contribution in [2.45, 2.75) is 33.4 Å². The zero-order chi connectivity index (χ0) is 20.9. The molecule has 0 saturated carbocycles. The molecule has 4 N–H and O–H groups in total. The third-order valence-corrected chi connectivity index (χ3v) is 3.45. The van der Waals surface area contributed by atoms with Gasteiger partial charge in [-0.1, -0.05) is 20.8 Å². The van der Waals surface area contributed by atoms with Crippen LogP contribution in [0.2, 0.25) is 0 Å². The largest absolute Gasteiger partial charge is 0.405 e. The van der Waals surface area contributed by atoms with Gasteiger partial charge in [0.15, 0.2) is 5.82 Å². The minimum atomic E-state index is -4.48. The number of hydrogen-bond acceptors (Lipinski definition) is 3. The minimum Gasteiger partial charge on any atom is -0.343 e. The van der Waals surface area contributed by atoms with Gasteiger partial charge in [0.2, 0.25) is 0 Å². The molecule has 1 aromatic heterocycles. The van der Waals surface area contributed by atoms with Crippen LogP contribution in [0.4, 0.5) is 29.5 Å². The highest BCUT2D eigenvalue weighted by atomic mass is 19.4. The molecule has 0 aliphatic rings. The van der Waals surface area contributed by atoms with E-state index in [4.69, 9.17) is 0 Å². The van der Waals surface area contributed by atoms with Crippen molar-refractivity contribution in [1.29, 1.82) is 0 Å². The maximum atomic E-state index is 12.1. The van der Waals surface area contributed by atoms with Crippen molar-refractivity contribution in [3.63, 3.8) is 0 Å². The molecular weight excluding hydrogens is 375 g/mol. The maximum absolute atomic E-state index is 12.1. The number of aromatic nitrogens is 2. The fourth-order valence-electron chi connectivity index (χ4n) is 2.35. The van der Waals surface area contributed by atoms with E-state index in [0.717, 1.165) is 12.1 Å². The lowest BCUT2D eigenvalue weighted by Crippen LogP contribution is -2.33. The number of aromatic amines is 1. The monoisotopic (exact) mass is 397 g/mol. The quantitative estimate of drug-likeness (QED) is 0.615. The molecule has 0 aliphatic heterocycles. The molecule has 28 heavy (non-hydrogen) atoms. The fraction of sp³-hybridized carbons (Fsp3) is 0.389. The Kier molecular flexibility index (Phi) is 6.32. The van der Waals surface area contributed by atoms with Crippen LogP contribution in [0.3, 0.4) is 0 Å². The summed E-state index contributed by atoms with van der Waals surface area (Å²) in [5.41, 5.74) is 1.38. The molecule has 0 spiro atoms. The molecule has 1 aromatic carbocycles. The van der Waals surface area contributed by atoms with E-state index in [0.29, 0.717) is 11.5 Å². The van der Waals surface area contributed by atoms with E-state index >= 15 is 0 Å². The number of nitrogens with one attached hydrogen (secondary N) is 4. The highest BCUT2D eigenvalue weighted by molar-refractivity contribution is 6.00. The van der Waals surface area contributed by atoms with Gasteiger partial charge in [-0.3, -0.25) is 15.2 Å². The van der Waals surface area contributed by atoms with Crippen LogP contribution >= 0.6 is 0 Å². The van der Waals surface area contributed by atoms with Gasteiger partial charge in [0.1, 0.15) is 6.54 Å². The number of carbonyl (C=O) groups excluding carboxylic acids is 2. The predicted octanol–water partition coefficient (Wildman–Crippen LogP) is 3.93. The SMILES string of the molecule is CC(C)(C)Cc1cc(NC(=O)Nc2ccc(C(=O)NCC(F)(F)F)cc2)n[nH]1. The lowest BCUT2D eigenvalue weighted by atomic mass is 9.91. The molecule has 7 nitrogen and oxygen atoms in total. The van der Waals surface area contributed by atoms with Crippen molar-refractivity contribution in [1.82, 2.24) is 15.5 Å². The zero-order valence-corrected chi connectivity index (χ0v) is 15.7. The number of nitrogens with zero attached hydrogens (tertiary/aromatic N) is 1. The van der Waals surface area contributed by atoms with Crippen molar-refractivity contribution >= 4 is 23.4 Å². The van der Waals surface area contributed by atoms with Crippen LogP contribution in [0.5, 0.6) is 0 Å². The molecule has 0 unspecified atom stereocenters. The second-order valence-electron chi connectivity index (χ2n) is 7.47. The van der Waals surface area contributed by atoms with Crippen LogP contribution in [-0.4, -0.2) is 34.9 Å². The first-order valence-corrected chi connectivity index (χ1v) is 8.49. The van der Waals surface area contributed by atoms with Gasteiger partial charge in [0.25, 0.3) is 5.91 Å². The van der Waals surface area contributed by atoms with Gasteiger partial charge in [0.05, 0.1) is 0 Å². The summed E-state index contributed by atoms with van der Waals surface area (Å²) < 4.78 is 36.4. The normalized spacial score (nSPS) is 11.8. The smallest absolute Gasteiger partial charge is 0.343 e. The number of rotatable bonds is 5. The minimum absolute atomic E-state index is 0.0503. The van der Waals surface area contributed by atoms with Crippen LogP contribution < -0.4 is 16.0 Å². The number of anilines is 2. The molecule has 2 rings (SSSR count). The third-order valence-electron chi connectivity index (χ3n) is 3.45. The lowest BCUT2D eigenvalue weighted by Gasteiger charge is -2.15. The van der Waals surface area contributed by atoms with Crippen molar-refractivity contribution in [3.8, 4) is 0 Å². The lowest BCUT2D eigenvalue weighted by molar-refractivity contribution is -0.123. The summed E-state index contributed by atoms with van der Waals surface area (Å²) in [4.78, 5) is 23.7. The Morgan fingerprint density at radius 2 is 1.71 bits per heavy atom. The van der Waals surface area contributed by atoms with E-state index in [1.165, 1.54) is 24.3 Å². The summed E-state index contributed by atoms with van der Waals surface area (Å²) in [5, 5.41) is 13.8. The molecule has 3 amide bonds. The summed E-state index contributed by atoms with van der Waals surface area (Å²) in [7, 11) is 0. The van der Waals surface area contributed by atoms with Gasteiger partial charge in [0, 0.05) is 23.0 Å². The van der Waals surface area contributed by atoms with E-state index in [1.807, 2.05) is 0 Å². The van der Waals surface area contributed by atoms with E-state index in [-0.39, 0.29) is 11.0 Å². The first-order chi connectivity index (χ1) is 12.9. The average molecular weight is 397 g/mol. The highest BCUT2D eigenvalue weighted by Gasteiger charge is 2.27. The first-order valence-electron chi connectivity index (χ1n) is 8.49. The van der Waals surface area contributed by atoms with Crippen LogP contribution in [0.15, 0.2) is 30.3 Å². The van der Waals surface area contributed by atoms with Crippen molar-refractivity contribution in [2.75, 3.05) is 17.2 Å². The summed E-state index contributed by atoms with van der Waals surface area (Å²) in [6.45, 7) is 4.84. The molecule has 2 aromatic rings. The standard InChI is InChI=1S/C18H22F3N5O2/c1-17(2,3)9-13-8-14(26-25-13)24-16(28)23-12-6-4-11(5-7-12)15(27)22-10-18(19,20)21/h4-8H,9-10H2,1-3H3,(H,22,27)(H3,23,24,25,26,28). The summed E-state index contributed by atoms with van der Waals surface area (Å²) >= 11 is 0. The summed E-state index contributed by atoms with van der Waals surface area (Å²) in [6.07, 6.45) is -3.71. The van der Waals surface area contributed by atoms with Crippen molar-refractivity contribution < 1.29 is 22.8 Å². The number of benzene rings is 1. The molecule has 0 aliphatic carbocycles. The molecule has 10 heteroatoms. The zero-order valence-electron chi connectivity index (χ0n) is 15.7. The van der Waals surface area contributed by atoms with Gasteiger partial charge in [-0.25, -0.2) is 4.79 Å². The van der Waals surface area contributed by atoms with Gasteiger partial charge in [-0.15, -0.1) is 0 Å². The van der Waals surface area contributed by atoms with E-state index in [9.17, 15) is 22.8 Å². The second kappa shape index (κ2) is 8.32. The Balaban J connectivity index is 1.88. The Hall–Kier alpha value is -3.04. The molecule has 0 saturated heterocycles. The van der Waals surface area contributed by atoms with E-state index in [1.54, 1.807) is 11.4 Å². The number of alkyl halides is 3. The second-order valence-corrected chi connectivity index (χ2v) is 7.47. The Morgan fingerprint density at radius 1 is 1.07 bits per heavy atom. The topological polar surface area (TPSA) is 98.9 Å². The van der Waals surface area contributed by atoms with Gasteiger partial charge < -0.3 is 10.6 Å². The predicted molar refractivity (Wildman–Crippen MR) is 99.2 cm³/mol. The molecule has 0 bridgehead atoms. The van der Waals surface area contributed by atoms with Crippen LogP contribution in [-0.2, 0) is 6.42 Å². The average Bonchev–Trinajstić information content (AvgIpc) is 2.97. The van der Waals surface area contributed by atoms with Gasteiger partial charge in [-0.05, 0) is 36.1 Å². The highest BCUT2D eigenvalue weighted by Crippen LogP contribution is 2.20. The Labute approximate surface area is 160 Å². The number of H-pyrrole nitrogens is 1. The fourth-order valence-corrected chi connectivity index (χ4v) is 2.35. The first kappa shape index (κ1) is 21.3. The maximum Gasteiger partial charge on any atom is 0.405 e. The molecule has 0 atom stereocenters. The van der Waals surface area contributed by atoms with Crippen molar-refractivity contribution in [3.05, 3.63) is 41.6 Å². The molecule has 1 heterocycles. The molecule has 152 valence electrons. The number of amides is 3. The van der Waals surface area contributed by atoms with Gasteiger partial charge >= 0.3 is 12.2 Å². The van der Waals surface area contributed by atoms with Crippen LogP contribution in [0, 0.1) is 5.41 Å². The molecular formula is C18H22F3N5O2. The van der Waals surface area contributed by atoms with E-state index < -0.39 is 24.7 Å². The van der Waals surface area contributed by atoms with Crippen molar-refractivity contribution in [2.24, 2.45) is 5.41 Å². The summed E-state index contributed by atoms with van der Waals surface area (Å²) in [6, 6.07) is 6.66. The third kappa shape index (κ3) is 7.29. The number of urea groups is 1. The van der Waals surface area contributed by atoms with Gasteiger partial charge in [-0.2, -0.15) is 18.3 Å². The summed E-state index contributed by atoms with van der Waals surface area (Å²) in [5.74, 6) is -0.490.